The molecule has 0 aliphatic carbocycles. The second kappa shape index (κ2) is 7.63. The molecule has 1 heterocycles. The Kier molecular flexibility index (Phi) is 6.13. The Labute approximate surface area is 143 Å². The molecular formula is C12H13Br2N3OS2. The van der Waals surface area contributed by atoms with Crippen LogP contribution in [0.15, 0.2) is 27.1 Å². The molecule has 0 amide bonds. The van der Waals surface area contributed by atoms with Crippen LogP contribution in [-0.4, -0.2) is 20.6 Å². The Balaban J connectivity index is 1.96. The van der Waals surface area contributed by atoms with Crippen LogP contribution in [0.25, 0.3) is 0 Å². The molecule has 1 atom stereocenters. The van der Waals surface area contributed by atoms with Crippen LogP contribution in [0.2, 0.25) is 0 Å². The summed E-state index contributed by atoms with van der Waals surface area (Å²) in [6.07, 6.45) is 0.901. The molecule has 0 saturated carbocycles. The van der Waals surface area contributed by atoms with Gasteiger partial charge >= 0.3 is 0 Å². The van der Waals surface area contributed by atoms with Crippen LogP contribution in [-0.2, 0) is 5.75 Å². The van der Waals surface area contributed by atoms with Crippen molar-refractivity contribution in [2.24, 2.45) is 0 Å². The molecule has 2 rings (SSSR count). The average Bonchev–Trinajstić information content (AvgIpc) is 2.82. The first-order valence-corrected chi connectivity index (χ1v) is 8.99. The van der Waals surface area contributed by atoms with E-state index in [9.17, 15) is 0 Å². The Hall–Kier alpha value is -0.310. The van der Waals surface area contributed by atoms with E-state index in [0.717, 1.165) is 32.7 Å². The summed E-state index contributed by atoms with van der Waals surface area (Å²) in [5.41, 5.74) is 0.0612. The van der Waals surface area contributed by atoms with E-state index in [1.54, 1.807) is 11.8 Å². The number of ether oxygens (including phenoxy) is 1. The van der Waals surface area contributed by atoms with Crippen LogP contribution >= 0.6 is 55.8 Å². The molecule has 108 valence electrons. The summed E-state index contributed by atoms with van der Waals surface area (Å²) >= 11 is 13.6. The second-order valence-electron chi connectivity index (χ2n) is 3.97. The Morgan fingerprint density at radius 1 is 1.45 bits per heavy atom. The molecule has 8 heteroatoms. The molecule has 0 bridgehead atoms. The number of aromatic amines is 2. The topological polar surface area (TPSA) is 53.7 Å². The van der Waals surface area contributed by atoms with E-state index in [0.29, 0.717) is 4.77 Å². The molecule has 0 fully saturated rings. The molecule has 2 N–H and O–H groups in total. The third-order valence-corrected chi connectivity index (χ3v) is 4.99. The zero-order chi connectivity index (χ0) is 14.5. The lowest BCUT2D eigenvalue weighted by Gasteiger charge is -2.17. The number of hydrogen-bond donors (Lipinski definition) is 2. The normalized spacial score (nSPS) is 12.3. The van der Waals surface area contributed by atoms with Crippen molar-refractivity contribution in [3.05, 3.63) is 37.7 Å². The van der Waals surface area contributed by atoms with E-state index >= 15 is 0 Å². The second-order valence-corrected chi connectivity index (χ2v) is 7.29. The SMILES string of the molecule is CCC(Oc1ccc(Br)cc1Br)SCc1n[nH]c(=S)[nH]1. The van der Waals surface area contributed by atoms with Crippen LogP contribution in [0.4, 0.5) is 0 Å². The molecule has 4 nitrogen and oxygen atoms in total. The number of hydrogen-bond acceptors (Lipinski definition) is 4. The first kappa shape index (κ1) is 16.1. The van der Waals surface area contributed by atoms with Gasteiger partial charge in [0.05, 0.1) is 10.2 Å². The minimum atomic E-state index is 0.0612. The van der Waals surface area contributed by atoms with Gasteiger partial charge < -0.3 is 9.72 Å². The highest BCUT2D eigenvalue weighted by Crippen LogP contribution is 2.31. The van der Waals surface area contributed by atoms with Gasteiger partial charge in [-0.15, -0.1) is 11.8 Å². The van der Waals surface area contributed by atoms with Gasteiger partial charge in [0.1, 0.15) is 17.0 Å². The van der Waals surface area contributed by atoms with Crippen molar-refractivity contribution in [1.29, 1.82) is 0 Å². The molecule has 1 aromatic carbocycles. The lowest BCUT2D eigenvalue weighted by molar-refractivity contribution is 0.282. The third-order valence-electron chi connectivity index (χ3n) is 2.44. The minimum Gasteiger partial charge on any atom is -0.479 e. The van der Waals surface area contributed by atoms with Crippen LogP contribution in [0, 0.1) is 4.77 Å². The monoisotopic (exact) mass is 437 g/mol. The molecule has 1 unspecified atom stereocenters. The molecule has 0 aliphatic rings. The highest BCUT2D eigenvalue weighted by molar-refractivity contribution is 9.11. The van der Waals surface area contributed by atoms with Gasteiger partial charge in [0.15, 0.2) is 4.77 Å². The highest BCUT2D eigenvalue weighted by atomic mass is 79.9. The van der Waals surface area contributed by atoms with Crippen LogP contribution < -0.4 is 4.74 Å². The van der Waals surface area contributed by atoms with Gasteiger partial charge in [0.25, 0.3) is 0 Å². The van der Waals surface area contributed by atoms with Crippen molar-refractivity contribution in [2.75, 3.05) is 0 Å². The number of rotatable bonds is 6. The smallest absolute Gasteiger partial charge is 0.192 e. The van der Waals surface area contributed by atoms with Crippen LogP contribution in [0.3, 0.4) is 0 Å². The number of halogens is 2. The molecule has 0 radical (unpaired) electrons. The molecule has 0 aliphatic heterocycles. The highest BCUT2D eigenvalue weighted by Gasteiger charge is 2.12. The number of benzene rings is 1. The fraction of sp³-hybridized carbons (Fsp3) is 0.333. The van der Waals surface area contributed by atoms with Crippen molar-refractivity contribution < 1.29 is 4.74 Å². The number of nitrogens with one attached hydrogen (secondary N) is 2. The fourth-order valence-corrected chi connectivity index (χ4v) is 3.68. The van der Waals surface area contributed by atoms with Gasteiger partial charge in [-0.1, -0.05) is 22.9 Å². The first-order valence-electron chi connectivity index (χ1n) is 5.95. The number of H-pyrrole nitrogens is 2. The van der Waals surface area contributed by atoms with Crippen LogP contribution in [0.1, 0.15) is 19.2 Å². The fourth-order valence-electron chi connectivity index (χ4n) is 1.49. The van der Waals surface area contributed by atoms with Crippen LogP contribution in [0.5, 0.6) is 5.75 Å². The Morgan fingerprint density at radius 2 is 2.25 bits per heavy atom. The summed E-state index contributed by atoms with van der Waals surface area (Å²) in [6.45, 7) is 2.09. The lowest BCUT2D eigenvalue weighted by Crippen LogP contribution is -2.11. The van der Waals surface area contributed by atoms with Crippen molar-refractivity contribution in [2.45, 2.75) is 24.5 Å². The molecule has 1 aromatic heterocycles. The van der Waals surface area contributed by atoms with E-state index in [1.807, 2.05) is 18.2 Å². The van der Waals surface area contributed by atoms with Gasteiger partial charge in [-0.05, 0) is 52.8 Å². The van der Waals surface area contributed by atoms with E-state index in [4.69, 9.17) is 17.0 Å². The summed E-state index contributed by atoms with van der Waals surface area (Å²) in [5.74, 6) is 2.39. The van der Waals surface area contributed by atoms with Crippen molar-refractivity contribution >= 4 is 55.8 Å². The van der Waals surface area contributed by atoms with Gasteiger partial charge in [-0.2, -0.15) is 5.10 Å². The maximum Gasteiger partial charge on any atom is 0.192 e. The maximum atomic E-state index is 6.00. The van der Waals surface area contributed by atoms with Gasteiger partial charge in [0, 0.05) is 4.47 Å². The van der Waals surface area contributed by atoms with E-state index < -0.39 is 0 Å². The molecule has 0 spiro atoms. The molecular weight excluding hydrogens is 426 g/mol. The summed E-state index contributed by atoms with van der Waals surface area (Å²) < 4.78 is 8.49. The zero-order valence-electron chi connectivity index (χ0n) is 10.7. The standard InChI is InChI=1S/C12H13Br2N3OS2/c1-2-11(20-6-10-15-12(19)17-16-10)18-9-4-3-7(13)5-8(9)14/h3-5,11H,2,6H2,1H3,(H2,15,16,17,19). The maximum absolute atomic E-state index is 6.00. The van der Waals surface area contributed by atoms with Gasteiger partial charge in [-0.3, -0.25) is 5.10 Å². The summed E-state index contributed by atoms with van der Waals surface area (Å²) in [4.78, 5) is 2.99. The summed E-state index contributed by atoms with van der Waals surface area (Å²) in [5, 5.41) is 6.80. The van der Waals surface area contributed by atoms with E-state index in [1.165, 1.54) is 0 Å². The van der Waals surface area contributed by atoms with E-state index in [2.05, 4.69) is 54.0 Å². The van der Waals surface area contributed by atoms with Gasteiger partial charge in [0.2, 0.25) is 0 Å². The summed E-state index contributed by atoms with van der Waals surface area (Å²) in [7, 11) is 0. The van der Waals surface area contributed by atoms with Gasteiger partial charge in [-0.25, -0.2) is 0 Å². The van der Waals surface area contributed by atoms with Crippen molar-refractivity contribution in [3.63, 3.8) is 0 Å². The van der Waals surface area contributed by atoms with Crippen molar-refractivity contribution in [1.82, 2.24) is 15.2 Å². The van der Waals surface area contributed by atoms with E-state index in [-0.39, 0.29) is 5.44 Å². The molecule has 2 aromatic rings. The number of thioether (sulfide) groups is 1. The first-order chi connectivity index (χ1) is 9.58. The summed E-state index contributed by atoms with van der Waals surface area (Å²) in [6, 6.07) is 5.87. The predicted molar refractivity (Wildman–Crippen MR) is 91.6 cm³/mol. The Morgan fingerprint density at radius 3 is 2.85 bits per heavy atom. The molecule has 0 saturated heterocycles. The quantitative estimate of drug-likeness (QED) is 0.489. The number of nitrogens with zero attached hydrogens (tertiary/aromatic N) is 1. The lowest BCUT2D eigenvalue weighted by atomic mass is 10.3. The largest absolute Gasteiger partial charge is 0.479 e. The zero-order valence-corrected chi connectivity index (χ0v) is 15.5. The number of aromatic nitrogens is 3. The third kappa shape index (κ3) is 4.61. The average molecular weight is 439 g/mol. The van der Waals surface area contributed by atoms with Crippen molar-refractivity contribution in [3.8, 4) is 5.75 Å². The molecule has 20 heavy (non-hydrogen) atoms. The minimum absolute atomic E-state index is 0.0612. The Bertz CT molecular complexity index is 629. The predicted octanol–water partition coefficient (Wildman–Crippen LogP) is 5.04.